The minimum absolute atomic E-state index is 0.0242. The number of hydrogen-bond donors (Lipinski definition) is 3. The zero-order chi connectivity index (χ0) is 47.9. The second-order valence-electron chi connectivity index (χ2n) is 18.0. The molecule has 0 fully saturated rings. The first-order valence-electron chi connectivity index (χ1n) is 25.1. The van der Waals surface area contributed by atoms with Crippen LogP contribution in [0.2, 0.25) is 0 Å². The Labute approximate surface area is 395 Å². The monoisotopic (exact) mass is 931 g/mol. The number of ether oxygens (including phenoxy) is 4. The number of aromatic nitrogens is 2. The fourth-order valence-electron chi connectivity index (χ4n) is 8.91. The summed E-state index contributed by atoms with van der Waals surface area (Å²) in [6.07, 6.45) is 20.0. The number of fused-ring (bicyclic) bond motifs is 5. The molecule has 2 aliphatic rings. The second-order valence-corrected chi connectivity index (χ2v) is 18.0. The van der Waals surface area contributed by atoms with Crippen LogP contribution in [0.3, 0.4) is 0 Å². The molecule has 2 atom stereocenters. The lowest BCUT2D eigenvalue weighted by molar-refractivity contribution is -0.172. The molecule has 15 heteroatoms. The van der Waals surface area contributed by atoms with Crippen molar-refractivity contribution in [3.8, 4) is 11.4 Å². The van der Waals surface area contributed by atoms with Gasteiger partial charge in [-0.05, 0) is 43.9 Å². The molecule has 0 radical (unpaired) electrons. The van der Waals surface area contributed by atoms with E-state index >= 15 is 0 Å². The van der Waals surface area contributed by atoms with E-state index in [-0.39, 0.29) is 74.1 Å². The third kappa shape index (κ3) is 15.9. The maximum absolute atomic E-state index is 13.8. The number of pyridine rings is 2. The predicted molar refractivity (Wildman–Crippen MR) is 255 cm³/mol. The number of aliphatic hydroxyl groups is 1. The molecule has 368 valence electrons. The SMILES string of the molecule is CCCCCCCCCCCCCCCCC(=O)OC[C@H](CO)OC(=O)CCCCCCCC(=O)NCCNC(=O)O[C@]1(CC)C(=O)OCc2c1cc1n(c2=O)Cc2cc3ccccc3nc2-1. The molecule has 0 saturated heterocycles. The first kappa shape index (κ1) is 52.7. The number of aliphatic hydroxyl groups excluding tert-OH is 1. The fourth-order valence-corrected chi connectivity index (χ4v) is 8.91. The van der Waals surface area contributed by atoms with Gasteiger partial charge in [0.2, 0.25) is 11.5 Å². The van der Waals surface area contributed by atoms with Crippen LogP contribution in [0.1, 0.15) is 178 Å². The predicted octanol–water partition coefficient (Wildman–Crippen LogP) is 8.98. The van der Waals surface area contributed by atoms with Crippen LogP contribution in [0.5, 0.6) is 0 Å². The first-order chi connectivity index (χ1) is 32.6. The van der Waals surface area contributed by atoms with Gasteiger partial charge in [0.15, 0.2) is 6.10 Å². The standard InChI is InChI=1S/C52H74N4O11/c1-3-5-6-7-8-9-10-11-12-13-14-15-18-21-28-46(59)64-36-40(35-57)66-47(60)29-22-19-16-17-20-27-45(58)53-30-31-54-51(63)67-52(4-2)42-33-44-48-39(32-38-25-23-24-26-43(38)55-48)34-56(44)49(61)41(42)37-65-50(52)62/h23-26,32-33,40,57H,3-22,27-31,34-37H2,1-2H3,(H,53,58)(H,54,63)/t40-,52-/m0/s1. The largest absolute Gasteiger partial charge is 0.462 e. The molecule has 3 N–H and O–H groups in total. The lowest BCUT2D eigenvalue weighted by Gasteiger charge is -2.35. The van der Waals surface area contributed by atoms with Crippen LogP contribution in [0, 0.1) is 0 Å². The van der Waals surface area contributed by atoms with Crippen molar-refractivity contribution in [1.29, 1.82) is 0 Å². The molecule has 0 bridgehead atoms. The number of rotatable bonds is 32. The maximum Gasteiger partial charge on any atom is 0.408 e. The average molecular weight is 931 g/mol. The number of carbonyl (C=O) groups is 5. The van der Waals surface area contributed by atoms with Crippen molar-refractivity contribution in [3.63, 3.8) is 0 Å². The van der Waals surface area contributed by atoms with Gasteiger partial charge in [0.05, 0.1) is 35.6 Å². The van der Waals surface area contributed by atoms with Crippen molar-refractivity contribution in [1.82, 2.24) is 20.2 Å². The van der Waals surface area contributed by atoms with Crippen LogP contribution >= 0.6 is 0 Å². The number of unbranched alkanes of at least 4 members (excludes halogenated alkanes) is 17. The van der Waals surface area contributed by atoms with Crippen molar-refractivity contribution in [2.75, 3.05) is 26.3 Å². The molecule has 4 heterocycles. The van der Waals surface area contributed by atoms with Crippen LogP contribution in [0.25, 0.3) is 22.3 Å². The van der Waals surface area contributed by atoms with E-state index in [0.29, 0.717) is 37.2 Å². The van der Waals surface area contributed by atoms with Gasteiger partial charge in [-0.1, -0.05) is 135 Å². The van der Waals surface area contributed by atoms with E-state index in [9.17, 15) is 33.9 Å². The Bertz CT molecular complexity index is 2160. The number of amides is 2. The third-order valence-corrected chi connectivity index (χ3v) is 12.8. The Morgan fingerprint density at radius 2 is 1.37 bits per heavy atom. The summed E-state index contributed by atoms with van der Waals surface area (Å²) >= 11 is 0. The zero-order valence-corrected chi connectivity index (χ0v) is 40.0. The molecule has 2 aromatic heterocycles. The van der Waals surface area contributed by atoms with E-state index in [1.807, 2.05) is 30.3 Å². The Hall–Kier alpha value is -5.31. The van der Waals surface area contributed by atoms with E-state index in [1.165, 1.54) is 70.6 Å². The van der Waals surface area contributed by atoms with Crippen LogP contribution in [0.4, 0.5) is 4.79 Å². The van der Waals surface area contributed by atoms with Crippen LogP contribution in [-0.4, -0.2) is 77.0 Å². The third-order valence-electron chi connectivity index (χ3n) is 12.8. The second kappa shape index (κ2) is 28.1. The van der Waals surface area contributed by atoms with Gasteiger partial charge in [-0.2, -0.15) is 0 Å². The first-order valence-corrected chi connectivity index (χ1v) is 25.1. The lowest BCUT2D eigenvalue weighted by atomic mass is 9.85. The van der Waals surface area contributed by atoms with Crippen LogP contribution < -0.4 is 16.2 Å². The van der Waals surface area contributed by atoms with Gasteiger partial charge in [-0.25, -0.2) is 14.6 Å². The van der Waals surface area contributed by atoms with Crippen molar-refractivity contribution in [3.05, 3.63) is 63.4 Å². The highest BCUT2D eigenvalue weighted by Gasteiger charge is 2.50. The van der Waals surface area contributed by atoms with E-state index < -0.39 is 36.3 Å². The highest BCUT2D eigenvalue weighted by molar-refractivity contribution is 5.88. The van der Waals surface area contributed by atoms with Gasteiger partial charge in [0, 0.05) is 48.9 Å². The maximum atomic E-state index is 13.8. The van der Waals surface area contributed by atoms with Gasteiger partial charge < -0.3 is 39.3 Å². The number of esters is 3. The summed E-state index contributed by atoms with van der Waals surface area (Å²) < 4.78 is 23.4. The topological polar surface area (TPSA) is 201 Å². The lowest BCUT2D eigenvalue weighted by Crippen LogP contribution is -2.49. The molecule has 2 aliphatic heterocycles. The van der Waals surface area contributed by atoms with E-state index in [2.05, 4.69) is 17.6 Å². The van der Waals surface area contributed by atoms with E-state index in [4.69, 9.17) is 23.9 Å². The molecule has 15 nitrogen and oxygen atoms in total. The number of carbonyl (C=O) groups excluding carboxylic acids is 5. The van der Waals surface area contributed by atoms with Crippen LogP contribution in [0.15, 0.2) is 41.2 Å². The fraction of sp³-hybridized carbons (Fsp3) is 0.635. The van der Waals surface area contributed by atoms with E-state index in [1.54, 1.807) is 17.6 Å². The van der Waals surface area contributed by atoms with E-state index in [0.717, 1.165) is 55.0 Å². The number of para-hydroxylation sites is 1. The molecule has 5 rings (SSSR count). The summed E-state index contributed by atoms with van der Waals surface area (Å²) in [5.74, 6) is -1.75. The molecule has 3 aromatic rings. The zero-order valence-electron chi connectivity index (χ0n) is 40.0. The van der Waals surface area contributed by atoms with Gasteiger partial charge >= 0.3 is 24.0 Å². The molecule has 67 heavy (non-hydrogen) atoms. The molecule has 2 amide bonds. The van der Waals surface area contributed by atoms with Gasteiger partial charge in [-0.3, -0.25) is 19.2 Å². The Balaban J connectivity index is 0.884. The summed E-state index contributed by atoms with van der Waals surface area (Å²) in [6.45, 7) is 3.60. The molecular formula is C52H74N4O11. The Morgan fingerprint density at radius 3 is 2.01 bits per heavy atom. The highest BCUT2D eigenvalue weighted by Crippen LogP contribution is 2.41. The number of benzene rings is 1. The molecular weight excluding hydrogens is 857 g/mol. The number of nitrogens with one attached hydrogen (secondary N) is 2. The van der Waals surface area contributed by atoms with Crippen molar-refractivity contribution in [2.24, 2.45) is 0 Å². The Kier molecular flexibility index (Phi) is 22.1. The van der Waals surface area contributed by atoms with Crippen molar-refractivity contribution in [2.45, 2.75) is 186 Å². The highest BCUT2D eigenvalue weighted by atomic mass is 16.6. The van der Waals surface area contributed by atoms with Gasteiger partial charge in [0.1, 0.15) is 13.2 Å². The van der Waals surface area contributed by atoms with Gasteiger partial charge in [0.25, 0.3) is 5.56 Å². The number of nitrogens with zero attached hydrogens (tertiary/aromatic N) is 2. The van der Waals surface area contributed by atoms with Crippen molar-refractivity contribution >= 4 is 40.8 Å². The quantitative estimate of drug-likeness (QED) is 0.0239. The minimum atomic E-state index is -1.85. The summed E-state index contributed by atoms with van der Waals surface area (Å²) in [4.78, 5) is 82.0. The average Bonchev–Trinajstić information content (AvgIpc) is 3.69. The summed E-state index contributed by atoms with van der Waals surface area (Å²) in [5, 5.41) is 16.0. The van der Waals surface area contributed by atoms with Crippen molar-refractivity contribution < 1.29 is 48.0 Å². The summed E-state index contributed by atoms with van der Waals surface area (Å²) in [5.41, 5.74) is 1.17. The number of cyclic esters (lactones) is 1. The molecule has 0 aliphatic carbocycles. The number of hydrogen-bond acceptors (Lipinski definition) is 12. The smallest absolute Gasteiger partial charge is 0.408 e. The molecule has 1 aromatic carbocycles. The minimum Gasteiger partial charge on any atom is -0.462 e. The molecule has 0 saturated carbocycles. The normalized spacial score (nSPS) is 15.2. The number of alkyl carbamates (subject to hydrolysis) is 1. The van der Waals surface area contributed by atoms with Gasteiger partial charge in [-0.15, -0.1) is 0 Å². The molecule has 0 unspecified atom stereocenters. The summed E-state index contributed by atoms with van der Waals surface area (Å²) in [6, 6.07) is 11.4. The summed E-state index contributed by atoms with van der Waals surface area (Å²) in [7, 11) is 0. The van der Waals surface area contributed by atoms with Crippen LogP contribution in [-0.2, 0) is 56.9 Å². The Morgan fingerprint density at radius 1 is 0.776 bits per heavy atom. The molecule has 0 spiro atoms.